The quantitative estimate of drug-likeness (QED) is 0.933. The highest BCUT2D eigenvalue weighted by molar-refractivity contribution is 6.33. The van der Waals surface area contributed by atoms with Gasteiger partial charge in [-0.15, -0.1) is 0 Å². The third kappa shape index (κ3) is 2.28. The number of ether oxygens (including phenoxy) is 1. The van der Waals surface area contributed by atoms with Crippen LogP contribution in [0.2, 0.25) is 5.02 Å². The Balaban J connectivity index is 2.10. The van der Waals surface area contributed by atoms with Crippen LogP contribution in [-0.2, 0) is 6.42 Å². The van der Waals surface area contributed by atoms with E-state index >= 15 is 0 Å². The van der Waals surface area contributed by atoms with Gasteiger partial charge in [-0.2, -0.15) is 0 Å². The summed E-state index contributed by atoms with van der Waals surface area (Å²) >= 11 is 6.19. The number of rotatable bonds is 3. The highest BCUT2D eigenvalue weighted by Crippen LogP contribution is 2.43. The predicted octanol–water partition coefficient (Wildman–Crippen LogP) is 3.80. The molecule has 4 heteroatoms. The van der Waals surface area contributed by atoms with Gasteiger partial charge < -0.3 is 10.5 Å². The first-order chi connectivity index (χ1) is 9.70. The van der Waals surface area contributed by atoms with Crippen molar-refractivity contribution in [3.63, 3.8) is 0 Å². The maximum absolute atomic E-state index is 14.3. The van der Waals surface area contributed by atoms with Crippen molar-refractivity contribution < 1.29 is 9.13 Å². The van der Waals surface area contributed by atoms with Gasteiger partial charge in [-0.05, 0) is 30.7 Å². The molecular weight excluding hydrogens is 277 g/mol. The van der Waals surface area contributed by atoms with Crippen LogP contribution >= 0.6 is 11.6 Å². The van der Waals surface area contributed by atoms with Crippen LogP contribution in [0, 0.1) is 5.82 Å². The van der Waals surface area contributed by atoms with Crippen molar-refractivity contribution in [3.05, 3.63) is 52.8 Å². The van der Waals surface area contributed by atoms with Gasteiger partial charge in [0.2, 0.25) is 0 Å². The number of hydrogen-bond acceptors (Lipinski definition) is 2. The van der Waals surface area contributed by atoms with E-state index in [-0.39, 0.29) is 11.9 Å². The van der Waals surface area contributed by atoms with Crippen molar-refractivity contribution in [2.75, 3.05) is 6.54 Å². The van der Waals surface area contributed by atoms with Gasteiger partial charge in [0.25, 0.3) is 0 Å². The van der Waals surface area contributed by atoms with Crippen molar-refractivity contribution in [2.45, 2.75) is 18.9 Å². The number of benzene rings is 2. The molecule has 0 aromatic heterocycles. The molecule has 1 atom stereocenters. The Morgan fingerprint density at radius 1 is 1.25 bits per heavy atom. The average molecular weight is 292 g/mol. The number of halogens is 2. The third-order valence-electron chi connectivity index (χ3n) is 3.55. The molecule has 1 aliphatic heterocycles. The normalized spacial score (nSPS) is 16.9. The molecule has 2 N–H and O–H groups in total. The van der Waals surface area contributed by atoms with Gasteiger partial charge in [0, 0.05) is 17.0 Å². The lowest BCUT2D eigenvalue weighted by Crippen LogP contribution is -2.17. The molecule has 2 nitrogen and oxygen atoms in total. The van der Waals surface area contributed by atoms with Crippen LogP contribution in [0.1, 0.15) is 12.0 Å². The minimum Gasteiger partial charge on any atom is -0.489 e. The molecule has 0 fully saturated rings. The smallest absolute Gasteiger partial charge is 0.134 e. The van der Waals surface area contributed by atoms with E-state index in [0.29, 0.717) is 28.4 Å². The summed E-state index contributed by atoms with van der Waals surface area (Å²) in [7, 11) is 0. The second-order valence-corrected chi connectivity index (χ2v) is 5.32. The van der Waals surface area contributed by atoms with E-state index in [2.05, 4.69) is 0 Å². The molecular formula is C16H15ClFNO. The van der Waals surface area contributed by atoms with Crippen LogP contribution in [0.3, 0.4) is 0 Å². The zero-order chi connectivity index (χ0) is 14.1. The molecule has 0 aliphatic carbocycles. The Morgan fingerprint density at radius 3 is 2.80 bits per heavy atom. The number of nitrogens with two attached hydrogens (primary N) is 1. The van der Waals surface area contributed by atoms with E-state index < -0.39 is 0 Å². The molecule has 2 aromatic rings. The summed E-state index contributed by atoms with van der Waals surface area (Å²) in [6.07, 6.45) is 1.56. The molecule has 1 unspecified atom stereocenters. The summed E-state index contributed by atoms with van der Waals surface area (Å²) in [5, 5.41) is 0.519. The SMILES string of the molecule is NCCC1Cc2ccc(F)c(-c3ccccc3Cl)c2O1. The first kappa shape index (κ1) is 13.4. The van der Waals surface area contributed by atoms with Crippen molar-refractivity contribution in [1.29, 1.82) is 0 Å². The fourth-order valence-corrected chi connectivity index (χ4v) is 2.84. The van der Waals surface area contributed by atoms with E-state index in [1.165, 1.54) is 6.07 Å². The van der Waals surface area contributed by atoms with E-state index in [4.69, 9.17) is 22.1 Å². The molecule has 0 saturated carbocycles. The molecule has 3 rings (SSSR count). The summed E-state index contributed by atoms with van der Waals surface area (Å²) in [5.74, 6) is 0.293. The fourth-order valence-electron chi connectivity index (χ4n) is 2.61. The van der Waals surface area contributed by atoms with E-state index in [0.717, 1.165) is 18.4 Å². The summed E-state index contributed by atoms with van der Waals surface area (Å²) in [4.78, 5) is 0. The van der Waals surface area contributed by atoms with E-state index in [1.807, 2.05) is 12.1 Å². The lowest BCUT2D eigenvalue weighted by Gasteiger charge is -2.13. The fraction of sp³-hybridized carbons (Fsp3) is 0.250. The third-order valence-corrected chi connectivity index (χ3v) is 3.88. The molecule has 1 aliphatic rings. The summed E-state index contributed by atoms with van der Waals surface area (Å²) in [6.45, 7) is 0.558. The Bertz CT molecular complexity index is 644. The Morgan fingerprint density at radius 2 is 2.05 bits per heavy atom. The molecule has 0 spiro atoms. The van der Waals surface area contributed by atoms with Gasteiger partial charge in [0.05, 0.1) is 5.56 Å². The molecule has 0 bridgehead atoms. The highest BCUT2D eigenvalue weighted by Gasteiger charge is 2.28. The van der Waals surface area contributed by atoms with Gasteiger partial charge in [-0.3, -0.25) is 0 Å². The average Bonchev–Trinajstić information content (AvgIpc) is 2.83. The second kappa shape index (κ2) is 5.43. The summed E-state index contributed by atoms with van der Waals surface area (Å²) < 4.78 is 20.2. The predicted molar refractivity (Wildman–Crippen MR) is 78.6 cm³/mol. The van der Waals surface area contributed by atoms with E-state index in [1.54, 1.807) is 18.2 Å². The molecule has 20 heavy (non-hydrogen) atoms. The van der Waals surface area contributed by atoms with Gasteiger partial charge in [-0.1, -0.05) is 35.9 Å². The zero-order valence-electron chi connectivity index (χ0n) is 10.9. The Labute approximate surface area is 122 Å². The van der Waals surface area contributed by atoms with Crippen LogP contribution < -0.4 is 10.5 Å². The largest absolute Gasteiger partial charge is 0.489 e. The van der Waals surface area contributed by atoms with E-state index in [9.17, 15) is 4.39 Å². The van der Waals surface area contributed by atoms with Gasteiger partial charge in [0.15, 0.2) is 0 Å². The Kier molecular flexibility index (Phi) is 3.64. The van der Waals surface area contributed by atoms with Crippen LogP contribution in [0.25, 0.3) is 11.1 Å². The first-order valence-electron chi connectivity index (χ1n) is 6.63. The maximum Gasteiger partial charge on any atom is 0.134 e. The molecule has 0 radical (unpaired) electrons. The first-order valence-corrected chi connectivity index (χ1v) is 7.01. The van der Waals surface area contributed by atoms with Crippen molar-refractivity contribution >= 4 is 11.6 Å². The second-order valence-electron chi connectivity index (χ2n) is 4.91. The summed E-state index contributed by atoms with van der Waals surface area (Å²) in [5.41, 5.74) is 7.70. The maximum atomic E-state index is 14.3. The van der Waals surface area contributed by atoms with Crippen molar-refractivity contribution in [1.82, 2.24) is 0 Å². The van der Waals surface area contributed by atoms with Crippen LogP contribution in [0.15, 0.2) is 36.4 Å². The monoisotopic (exact) mass is 291 g/mol. The molecule has 2 aromatic carbocycles. The van der Waals surface area contributed by atoms with Gasteiger partial charge in [-0.25, -0.2) is 4.39 Å². The topological polar surface area (TPSA) is 35.2 Å². The summed E-state index contributed by atoms with van der Waals surface area (Å²) in [6, 6.07) is 10.5. The zero-order valence-corrected chi connectivity index (χ0v) is 11.7. The molecule has 104 valence electrons. The lowest BCUT2D eigenvalue weighted by molar-refractivity contribution is 0.224. The minimum atomic E-state index is -0.315. The van der Waals surface area contributed by atoms with Crippen LogP contribution in [-0.4, -0.2) is 12.6 Å². The molecule has 0 saturated heterocycles. The van der Waals surface area contributed by atoms with Gasteiger partial charge in [0.1, 0.15) is 17.7 Å². The molecule has 1 heterocycles. The minimum absolute atomic E-state index is 0.0260. The standard InChI is InChI=1S/C16H15ClFNO/c17-13-4-2-1-3-12(13)15-14(18)6-5-10-9-11(7-8-19)20-16(10)15/h1-6,11H,7-9,19H2. The number of fused-ring (bicyclic) bond motifs is 1. The van der Waals surface area contributed by atoms with Crippen LogP contribution in [0.4, 0.5) is 4.39 Å². The Hall–Kier alpha value is -1.58. The number of hydrogen-bond donors (Lipinski definition) is 1. The van der Waals surface area contributed by atoms with Gasteiger partial charge >= 0.3 is 0 Å². The van der Waals surface area contributed by atoms with Crippen molar-refractivity contribution in [3.8, 4) is 16.9 Å². The highest BCUT2D eigenvalue weighted by atomic mass is 35.5. The lowest BCUT2D eigenvalue weighted by atomic mass is 9.99. The van der Waals surface area contributed by atoms with Crippen LogP contribution in [0.5, 0.6) is 5.75 Å². The molecule has 0 amide bonds. The van der Waals surface area contributed by atoms with Crippen molar-refractivity contribution in [2.24, 2.45) is 5.73 Å².